The van der Waals surface area contributed by atoms with Crippen LogP contribution in [0.5, 0.6) is 0 Å². The molecule has 7 heteroatoms. The second-order valence-electron chi connectivity index (χ2n) is 5.68. The topological polar surface area (TPSA) is 92.8 Å². The van der Waals surface area contributed by atoms with Gasteiger partial charge in [-0.2, -0.15) is 4.98 Å². The van der Waals surface area contributed by atoms with Crippen LogP contribution in [-0.4, -0.2) is 39.6 Å². The van der Waals surface area contributed by atoms with Crippen molar-refractivity contribution < 1.29 is 0 Å². The summed E-state index contributed by atoms with van der Waals surface area (Å²) in [6.45, 7) is 2.49. The van der Waals surface area contributed by atoms with Crippen LogP contribution in [0.1, 0.15) is 6.92 Å². The number of hydrogen-bond donors (Lipinski definition) is 2. The van der Waals surface area contributed by atoms with Gasteiger partial charge in [0.25, 0.3) is 0 Å². The number of rotatable bonds is 6. The number of anilines is 3. The first-order valence-corrected chi connectivity index (χ1v) is 8.09. The average molecular weight is 335 g/mol. The minimum atomic E-state index is 0.101. The molecule has 0 spiro atoms. The van der Waals surface area contributed by atoms with E-state index in [4.69, 9.17) is 5.73 Å². The maximum atomic E-state index is 5.64. The fourth-order valence-electron chi connectivity index (χ4n) is 2.26. The van der Waals surface area contributed by atoms with Crippen LogP contribution in [0.2, 0.25) is 0 Å². The number of nitrogens with one attached hydrogen (secondary N) is 1. The first-order valence-electron chi connectivity index (χ1n) is 8.09. The summed E-state index contributed by atoms with van der Waals surface area (Å²) in [5.41, 5.74) is 6.61. The van der Waals surface area contributed by atoms with Gasteiger partial charge in [0.2, 0.25) is 5.95 Å². The Kier molecular flexibility index (Phi) is 5.15. The van der Waals surface area contributed by atoms with Gasteiger partial charge < -0.3 is 16.0 Å². The highest BCUT2D eigenvalue weighted by Gasteiger charge is 2.11. The maximum absolute atomic E-state index is 5.64. The summed E-state index contributed by atoms with van der Waals surface area (Å²) in [6, 6.07) is 13.7. The molecule has 2 heterocycles. The Morgan fingerprint density at radius 1 is 1.00 bits per heavy atom. The fraction of sp³-hybridized carbons (Fsp3) is 0.222. The highest BCUT2D eigenvalue weighted by molar-refractivity contribution is 5.61. The van der Waals surface area contributed by atoms with E-state index < -0.39 is 0 Å². The SMILES string of the molecule is CC(CN)Nc1nccc(N(C)c2ccnc(-c3ccccc3)n2)n1. The first kappa shape index (κ1) is 16.8. The van der Waals surface area contributed by atoms with Gasteiger partial charge in [0.05, 0.1) is 0 Å². The molecule has 0 aliphatic carbocycles. The largest absolute Gasteiger partial charge is 0.350 e. The molecule has 128 valence electrons. The third-order valence-corrected chi connectivity index (χ3v) is 3.73. The molecule has 7 nitrogen and oxygen atoms in total. The zero-order chi connectivity index (χ0) is 17.6. The normalized spacial score (nSPS) is 11.8. The Hall–Kier alpha value is -3.06. The van der Waals surface area contributed by atoms with Crippen LogP contribution in [-0.2, 0) is 0 Å². The molecule has 3 N–H and O–H groups in total. The number of hydrogen-bond acceptors (Lipinski definition) is 7. The third-order valence-electron chi connectivity index (χ3n) is 3.73. The third kappa shape index (κ3) is 4.07. The number of aromatic nitrogens is 4. The Labute approximate surface area is 147 Å². The number of nitrogens with two attached hydrogens (primary N) is 1. The molecule has 0 fully saturated rings. The van der Waals surface area contributed by atoms with Crippen molar-refractivity contribution in [2.75, 3.05) is 23.8 Å². The summed E-state index contributed by atoms with van der Waals surface area (Å²) in [4.78, 5) is 19.7. The van der Waals surface area contributed by atoms with Crippen LogP contribution in [0.3, 0.4) is 0 Å². The Morgan fingerprint density at radius 2 is 1.68 bits per heavy atom. The quantitative estimate of drug-likeness (QED) is 0.714. The van der Waals surface area contributed by atoms with E-state index in [0.29, 0.717) is 18.3 Å². The molecule has 0 saturated carbocycles. The van der Waals surface area contributed by atoms with Crippen molar-refractivity contribution in [2.24, 2.45) is 5.73 Å². The molecule has 0 aliphatic heterocycles. The molecule has 0 aliphatic rings. The Morgan fingerprint density at radius 3 is 2.40 bits per heavy atom. The van der Waals surface area contributed by atoms with Crippen molar-refractivity contribution in [1.82, 2.24) is 19.9 Å². The summed E-state index contributed by atoms with van der Waals surface area (Å²) in [5, 5.41) is 3.17. The van der Waals surface area contributed by atoms with Crippen molar-refractivity contribution in [3.8, 4) is 11.4 Å². The van der Waals surface area contributed by atoms with Crippen molar-refractivity contribution in [3.63, 3.8) is 0 Å². The van der Waals surface area contributed by atoms with Crippen LogP contribution >= 0.6 is 0 Å². The lowest BCUT2D eigenvalue weighted by Crippen LogP contribution is -2.26. The maximum Gasteiger partial charge on any atom is 0.224 e. The van der Waals surface area contributed by atoms with Crippen LogP contribution < -0.4 is 16.0 Å². The zero-order valence-electron chi connectivity index (χ0n) is 14.3. The van der Waals surface area contributed by atoms with Crippen molar-refractivity contribution in [3.05, 3.63) is 54.9 Å². The fourth-order valence-corrected chi connectivity index (χ4v) is 2.26. The minimum absolute atomic E-state index is 0.101. The van der Waals surface area contributed by atoms with E-state index in [1.165, 1.54) is 0 Å². The van der Waals surface area contributed by atoms with Gasteiger partial charge in [-0.05, 0) is 19.1 Å². The van der Waals surface area contributed by atoms with E-state index in [-0.39, 0.29) is 6.04 Å². The molecule has 1 atom stereocenters. The summed E-state index contributed by atoms with van der Waals surface area (Å²) in [5.74, 6) is 2.71. The molecule has 1 unspecified atom stereocenters. The highest BCUT2D eigenvalue weighted by atomic mass is 15.3. The zero-order valence-corrected chi connectivity index (χ0v) is 14.3. The molecule has 0 amide bonds. The van der Waals surface area contributed by atoms with Gasteiger partial charge in [0.1, 0.15) is 11.6 Å². The van der Waals surface area contributed by atoms with Gasteiger partial charge >= 0.3 is 0 Å². The van der Waals surface area contributed by atoms with Gasteiger partial charge in [-0.15, -0.1) is 0 Å². The van der Waals surface area contributed by atoms with Crippen LogP contribution in [0.25, 0.3) is 11.4 Å². The van der Waals surface area contributed by atoms with E-state index in [9.17, 15) is 0 Å². The van der Waals surface area contributed by atoms with E-state index >= 15 is 0 Å². The van der Waals surface area contributed by atoms with Gasteiger partial charge in [-0.1, -0.05) is 30.3 Å². The van der Waals surface area contributed by atoms with Crippen molar-refractivity contribution in [1.29, 1.82) is 0 Å². The highest BCUT2D eigenvalue weighted by Crippen LogP contribution is 2.22. The lowest BCUT2D eigenvalue weighted by Gasteiger charge is -2.19. The smallest absolute Gasteiger partial charge is 0.224 e. The van der Waals surface area contributed by atoms with Gasteiger partial charge in [0.15, 0.2) is 5.82 Å². The first-order chi connectivity index (χ1) is 12.2. The number of benzene rings is 1. The molecule has 25 heavy (non-hydrogen) atoms. The predicted octanol–water partition coefficient (Wildman–Crippen LogP) is 2.46. The Balaban J connectivity index is 1.86. The minimum Gasteiger partial charge on any atom is -0.350 e. The molecular formula is C18H21N7. The lowest BCUT2D eigenvalue weighted by atomic mass is 10.2. The monoisotopic (exact) mass is 335 g/mol. The van der Waals surface area contributed by atoms with Gasteiger partial charge in [-0.3, -0.25) is 0 Å². The standard InChI is InChI=1S/C18H21N7/c1-13(12-19)22-18-21-11-9-16(24-18)25(2)15-8-10-20-17(23-15)14-6-4-3-5-7-14/h3-11,13H,12,19H2,1-2H3,(H,21,22,24). The molecule has 3 aromatic rings. The van der Waals surface area contributed by atoms with E-state index in [1.807, 2.05) is 61.3 Å². The lowest BCUT2D eigenvalue weighted by molar-refractivity contribution is 0.790. The van der Waals surface area contributed by atoms with Gasteiger partial charge in [-0.25, -0.2) is 15.0 Å². The second kappa shape index (κ2) is 7.67. The summed E-state index contributed by atoms with van der Waals surface area (Å²) in [6.07, 6.45) is 3.46. The van der Waals surface area contributed by atoms with E-state index in [0.717, 1.165) is 17.2 Å². The summed E-state index contributed by atoms with van der Waals surface area (Å²) >= 11 is 0. The molecule has 0 radical (unpaired) electrons. The Bertz CT molecular complexity index is 822. The van der Waals surface area contributed by atoms with Crippen LogP contribution in [0.4, 0.5) is 17.6 Å². The summed E-state index contributed by atoms with van der Waals surface area (Å²) < 4.78 is 0. The van der Waals surface area contributed by atoms with Crippen molar-refractivity contribution >= 4 is 17.6 Å². The summed E-state index contributed by atoms with van der Waals surface area (Å²) in [7, 11) is 1.91. The number of nitrogens with zero attached hydrogens (tertiary/aromatic N) is 5. The van der Waals surface area contributed by atoms with Gasteiger partial charge in [0, 0.05) is 37.6 Å². The van der Waals surface area contributed by atoms with E-state index in [1.54, 1.807) is 12.4 Å². The van der Waals surface area contributed by atoms with E-state index in [2.05, 4.69) is 25.3 Å². The average Bonchev–Trinajstić information content (AvgIpc) is 2.68. The molecular weight excluding hydrogens is 314 g/mol. The van der Waals surface area contributed by atoms with Crippen molar-refractivity contribution in [2.45, 2.75) is 13.0 Å². The van der Waals surface area contributed by atoms with Crippen LogP contribution in [0, 0.1) is 0 Å². The molecule has 3 rings (SSSR count). The molecule has 1 aromatic carbocycles. The molecule has 0 saturated heterocycles. The molecule has 0 bridgehead atoms. The predicted molar refractivity (Wildman–Crippen MR) is 99.7 cm³/mol. The van der Waals surface area contributed by atoms with Crippen LogP contribution in [0.15, 0.2) is 54.9 Å². The molecule has 2 aromatic heterocycles. The second-order valence-corrected chi connectivity index (χ2v) is 5.68.